The molecule has 0 bridgehead atoms. The van der Waals surface area contributed by atoms with Crippen LogP contribution in [0.4, 0.5) is 13.6 Å². The fraction of sp³-hybridized carbons (Fsp3) is 0.480. The van der Waals surface area contributed by atoms with Gasteiger partial charge in [-0.15, -0.1) is 0 Å². The number of likely N-dealkylation sites (tertiary alicyclic amines) is 1. The molecule has 0 radical (unpaired) electrons. The zero-order valence-electron chi connectivity index (χ0n) is 19.1. The minimum absolute atomic E-state index is 0.00228. The summed E-state index contributed by atoms with van der Waals surface area (Å²) in [5, 5.41) is 2.96. The van der Waals surface area contributed by atoms with E-state index in [1.54, 1.807) is 4.90 Å². The summed E-state index contributed by atoms with van der Waals surface area (Å²) in [4.78, 5) is 17.0. The van der Waals surface area contributed by atoms with Crippen molar-refractivity contribution < 1.29 is 18.3 Å². The molecule has 5 nitrogen and oxygen atoms in total. The summed E-state index contributed by atoms with van der Waals surface area (Å²) >= 11 is 0. The van der Waals surface area contributed by atoms with Crippen LogP contribution < -0.4 is 10.1 Å². The number of hydrogen-bond donors (Lipinski definition) is 1. The van der Waals surface area contributed by atoms with Crippen molar-refractivity contribution in [1.82, 2.24) is 15.1 Å². The van der Waals surface area contributed by atoms with Gasteiger partial charge in [-0.3, -0.25) is 0 Å². The van der Waals surface area contributed by atoms with Gasteiger partial charge >= 0.3 is 6.03 Å². The second-order valence-corrected chi connectivity index (χ2v) is 8.91. The predicted octanol–water partition coefficient (Wildman–Crippen LogP) is 4.81. The molecule has 1 fully saturated rings. The molecule has 0 spiro atoms. The number of hydrogen-bond acceptors (Lipinski definition) is 3. The van der Waals surface area contributed by atoms with Crippen LogP contribution >= 0.6 is 0 Å². The zero-order chi connectivity index (χ0) is 23.1. The average molecular weight is 446 g/mol. The number of rotatable bonds is 8. The van der Waals surface area contributed by atoms with Crippen molar-refractivity contribution in [3.05, 3.63) is 65.2 Å². The Kier molecular flexibility index (Phi) is 8.45. The molecule has 7 heteroatoms. The van der Waals surface area contributed by atoms with Crippen LogP contribution in [0.3, 0.4) is 0 Å². The third-order valence-corrected chi connectivity index (χ3v) is 5.70. The van der Waals surface area contributed by atoms with E-state index in [2.05, 4.69) is 31.1 Å². The maximum atomic E-state index is 14.3. The van der Waals surface area contributed by atoms with Crippen LogP contribution in [0.2, 0.25) is 0 Å². The molecule has 0 unspecified atom stereocenters. The van der Waals surface area contributed by atoms with Gasteiger partial charge in [0.1, 0.15) is 17.4 Å². The molecule has 0 atom stereocenters. The Balaban J connectivity index is 1.65. The first-order chi connectivity index (χ1) is 15.3. The quantitative estimate of drug-likeness (QED) is 0.635. The first kappa shape index (κ1) is 24.0. The van der Waals surface area contributed by atoms with Crippen molar-refractivity contribution in [1.29, 1.82) is 0 Å². The minimum Gasteiger partial charge on any atom is -0.493 e. The SMILES string of the molecule is CC(C)COc1ccc(CNC(=O)N(Cc2ccc(F)cc2F)C2CCN(C)CC2)cc1. The minimum atomic E-state index is -0.632. The van der Waals surface area contributed by atoms with Crippen LogP contribution in [-0.2, 0) is 13.1 Å². The van der Waals surface area contributed by atoms with Gasteiger partial charge in [-0.1, -0.05) is 32.0 Å². The van der Waals surface area contributed by atoms with E-state index in [9.17, 15) is 13.6 Å². The highest BCUT2D eigenvalue weighted by molar-refractivity contribution is 5.74. The summed E-state index contributed by atoms with van der Waals surface area (Å²) in [6, 6.07) is 10.9. The van der Waals surface area contributed by atoms with Gasteiger partial charge in [0.2, 0.25) is 0 Å². The molecule has 0 saturated carbocycles. The number of piperidine rings is 1. The summed E-state index contributed by atoms with van der Waals surface area (Å²) in [7, 11) is 2.05. The van der Waals surface area contributed by atoms with Crippen molar-refractivity contribution in [3.8, 4) is 5.75 Å². The Morgan fingerprint density at radius 1 is 1.16 bits per heavy atom. The molecule has 3 rings (SSSR count). The van der Waals surface area contributed by atoms with Crippen LogP contribution in [-0.4, -0.2) is 48.6 Å². The molecule has 1 aliphatic rings. The second kappa shape index (κ2) is 11.3. The monoisotopic (exact) mass is 445 g/mol. The normalized spacial score (nSPS) is 15.1. The van der Waals surface area contributed by atoms with Gasteiger partial charge in [0.15, 0.2) is 0 Å². The molecule has 0 aliphatic carbocycles. The highest BCUT2D eigenvalue weighted by Gasteiger charge is 2.27. The van der Waals surface area contributed by atoms with E-state index in [4.69, 9.17) is 4.74 Å². The molecule has 2 amide bonds. The Bertz CT molecular complexity index is 881. The fourth-order valence-electron chi connectivity index (χ4n) is 3.75. The number of amides is 2. The number of halogens is 2. The number of benzene rings is 2. The van der Waals surface area contributed by atoms with E-state index in [1.165, 1.54) is 12.1 Å². The van der Waals surface area contributed by atoms with Gasteiger partial charge in [-0.25, -0.2) is 13.6 Å². The van der Waals surface area contributed by atoms with Gasteiger partial charge in [0.25, 0.3) is 0 Å². The molecule has 2 aromatic carbocycles. The van der Waals surface area contributed by atoms with E-state index < -0.39 is 11.6 Å². The number of carbonyl (C=O) groups excluding carboxylic acids is 1. The number of carbonyl (C=O) groups is 1. The van der Waals surface area contributed by atoms with E-state index in [1.807, 2.05) is 24.3 Å². The molecule has 1 heterocycles. The summed E-state index contributed by atoms with van der Waals surface area (Å²) in [6.07, 6.45) is 1.63. The Morgan fingerprint density at radius 2 is 1.84 bits per heavy atom. The van der Waals surface area contributed by atoms with Crippen LogP contribution in [0.25, 0.3) is 0 Å². The fourth-order valence-corrected chi connectivity index (χ4v) is 3.75. The van der Waals surface area contributed by atoms with E-state index in [-0.39, 0.29) is 18.6 Å². The first-order valence-corrected chi connectivity index (χ1v) is 11.2. The first-order valence-electron chi connectivity index (χ1n) is 11.2. The zero-order valence-corrected chi connectivity index (χ0v) is 19.1. The van der Waals surface area contributed by atoms with Crippen molar-refractivity contribution in [2.75, 3.05) is 26.7 Å². The Morgan fingerprint density at radius 3 is 2.47 bits per heavy atom. The van der Waals surface area contributed by atoms with Crippen molar-refractivity contribution in [2.24, 2.45) is 5.92 Å². The van der Waals surface area contributed by atoms with Crippen molar-refractivity contribution >= 4 is 6.03 Å². The highest BCUT2D eigenvalue weighted by atomic mass is 19.1. The molecular formula is C25H33F2N3O2. The highest BCUT2D eigenvalue weighted by Crippen LogP contribution is 2.21. The topological polar surface area (TPSA) is 44.8 Å². The molecule has 1 aliphatic heterocycles. The van der Waals surface area contributed by atoms with Gasteiger partial charge in [-0.05, 0) is 62.7 Å². The molecule has 174 valence electrons. The standard InChI is InChI=1S/C25H33F2N3O2/c1-18(2)17-32-23-8-4-19(5-9-23)15-28-25(31)30(22-10-12-29(3)13-11-22)16-20-6-7-21(26)14-24(20)27/h4-9,14,18,22H,10-13,15-17H2,1-3H3,(H,28,31). The summed E-state index contributed by atoms with van der Waals surface area (Å²) in [6.45, 7) is 7.06. The smallest absolute Gasteiger partial charge is 0.318 e. The van der Waals surface area contributed by atoms with Gasteiger partial charge in [-0.2, -0.15) is 0 Å². The van der Waals surface area contributed by atoms with Gasteiger partial charge in [0.05, 0.1) is 13.2 Å². The number of ether oxygens (including phenoxy) is 1. The Labute approximate surface area is 189 Å². The molecule has 32 heavy (non-hydrogen) atoms. The number of nitrogens with one attached hydrogen (secondary N) is 1. The van der Waals surface area contributed by atoms with Crippen LogP contribution in [0, 0.1) is 17.6 Å². The summed E-state index contributed by atoms with van der Waals surface area (Å²) in [5.74, 6) is -0.00550. The summed E-state index contributed by atoms with van der Waals surface area (Å²) in [5.41, 5.74) is 1.26. The van der Waals surface area contributed by atoms with Crippen LogP contribution in [0.1, 0.15) is 37.8 Å². The predicted molar refractivity (Wildman–Crippen MR) is 121 cm³/mol. The average Bonchev–Trinajstić information content (AvgIpc) is 2.77. The molecule has 1 saturated heterocycles. The molecule has 1 N–H and O–H groups in total. The van der Waals surface area contributed by atoms with Crippen LogP contribution in [0.15, 0.2) is 42.5 Å². The lowest BCUT2D eigenvalue weighted by Gasteiger charge is -2.37. The summed E-state index contributed by atoms with van der Waals surface area (Å²) < 4.78 is 33.3. The van der Waals surface area contributed by atoms with Crippen molar-refractivity contribution in [3.63, 3.8) is 0 Å². The largest absolute Gasteiger partial charge is 0.493 e. The van der Waals surface area contributed by atoms with Gasteiger partial charge < -0.3 is 19.9 Å². The van der Waals surface area contributed by atoms with E-state index in [0.717, 1.165) is 43.3 Å². The number of urea groups is 1. The van der Waals surface area contributed by atoms with E-state index in [0.29, 0.717) is 24.6 Å². The van der Waals surface area contributed by atoms with E-state index >= 15 is 0 Å². The third kappa shape index (κ3) is 6.92. The second-order valence-electron chi connectivity index (χ2n) is 8.91. The Hall–Kier alpha value is -2.67. The number of nitrogens with zero attached hydrogens (tertiary/aromatic N) is 2. The molecule has 2 aromatic rings. The van der Waals surface area contributed by atoms with Crippen LogP contribution in [0.5, 0.6) is 5.75 Å². The third-order valence-electron chi connectivity index (χ3n) is 5.70. The maximum absolute atomic E-state index is 14.3. The molecule has 0 aromatic heterocycles. The van der Waals surface area contributed by atoms with Gasteiger partial charge in [0, 0.05) is 24.2 Å². The lowest BCUT2D eigenvalue weighted by molar-refractivity contribution is 0.126. The maximum Gasteiger partial charge on any atom is 0.318 e. The lowest BCUT2D eigenvalue weighted by Crippen LogP contribution is -2.49. The van der Waals surface area contributed by atoms with Crippen molar-refractivity contribution in [2.45, 2.75) is 45.8 Å². The molecular weight excluding hydrogens is 412 g/mol. The lowest BCUT2D eigenvalue weighted by atomic mass is 10.0.